The second-order valence-electron chi connectivity index (χ2n) is 13.2. The second kappa shape index (κ2) is 13.7. The number of nitrogens with one attached hydrogen (secondary N) is 3. The lowest BCUT2D eigenvalue weighted by atomic mass is 9.92. The molecule has 10 nitrogen and oxygen atoms in total. The SMILES string of the molecule is C=CCCC(NC(=O)[C@@H]1[C@@H]2[C@H](CN1C(=O)[C@@H](NC(=O)OC(C)(C)C)C1C=CCCCC1)C2(C)C)C(=O)C(=O)NCC=C. The molecule has 0 bridgehead atoms. The first-order chi connectivity index (χ1) is 19.7. The summed E-state index contributed by atoms with van der Waals surface area (Å²) in [5.74, 6) is -2.67. The fourth-order valence-corrected chi connectivity index (χ4v) is 6.29. The normalized spacial score (nSPS) is 25.6. The van der Waals surface area contributed by atoms with Crippen LogP contribution in [0.1, 0.15) is 73.1 Å². The molecular weight excluding hydrogens is 536 g/mol. The zero-order valence-corrected chi connectivity index (χ0v) is 25.7. The van der Waals surface area contributed by atoms with Crippen molar-refractivity contribution in [2.75, 3.05) is 13.1 Å². The van der Waals surface area contributed by atoms with E-state index in [0.29, 0.717) is 19.4 Å². The van der Waals surface area contributed by atoms with E-state index >= 15 is 0 Å². The van der Waals surface area contributed by atoms with Crippen LogP contribution in [0.4, 0.5) is 4.79 Å². The molecule has 3 N–H and O–H groups in total. The third kappa shape index (κ3) is 7.89. The topological polar surface area (TPSA) is 134 Å². The number of nitrogens with zero attached hydrogens (tertiary/aromatic N) is 1. The van der Waals surface area contributed by atoms with E-state index < -0.39 is 47.4 Å². The molecule has 6 atom stereocenters. The van der Waals surface area contributed by atoms with E-state index in [-0.39, 0.29) is 42.0 Å². The summed E-state index contributed by atoms with van der Waals surface area (Å²) in [6, 6.07) is -2.82. The Labute approximate surface area is 249 Å². The Balaban J connectivity index is 1.88. The van der Waals surface area contributed by atoms with Crippen molar-refractivity contribution in [3.63, 3.8) is 0 Å². The van der Waals surface area contributed by atoms with Crippen LogP contribution in [0.2, 0.25) is 0 Å². The number of carbonyl (C=O) groups is 5. The Kier molecular flexibility index (Phi) is 10.8. The van der Waals surface area contributed by atoms with Crippen LogP contribution < -0.4 is 16.0 Å². The molecular formula is C32H48N4O6. The van der Waals surface area contributed by atoms with Crippen molar-refractivity contribution in [1.82, 2.24) is 20.9 Å². The highest BCUT2D eigenvalue weighted by molar-refractivity contribution is 6.38. The highest BCUT2D eigenvalue weighted by Crippen LogP contribution is 2.65. The van der Waals surface area contributed by atoms with Gasteiger partial charge in [0, 0.05) is 19.0 Å². The number of hydrogen-bond donors (Lipinski definition) is 3. The van der Waals surface area contributed by atoms with Gasteiger partial charge in [-0.1, -0.05) is 44.6 Å². The molecule has 0 aromatic heterocycles. The molecule has 1 aliphatic heterocycles. The maximum atomic E-state index is 14.3. The highest BCUT2D eigenvalue weighted by atomic mass is 16.6. The van der Waals surface area contributed by atoms with Gasteiger partial charge in [0.05, 0.1) is 6.04 Å². The molecule has 1 heterocycles. The number of alkyl carbamates (subject to hydrolysis) is 1. The van der Waals surface area contributed by atoms with Crippen molar-refractivity contribution in [2.45, 2.75) is 96.9 Å². The van der Waals surface area contributed by atoms with Gasteiger partial charge in [0.1, 0.15) is 17.7 Å². The van der Waals surface area contributed by atoms with E-state index in [1.807, 2.05) is 12.2 Å². The minimum absolute atomic E-state index is 0.0993. The summed E-state index contributed by atoms with van der Waals surface area (Å²) in [6.45, 7) is 17.1. The molecule has 232 valence electrons. The van der Waals surface area contributed by atoms with Gasteiger partial charge in [0.25, 0.3) is 5.91 Å². The van der Waals surface area contributed by atoms with E-state index in [0.717, 1.165) is 19.3 Å². The van der Waals surface area contributed by atoms with Crippen LogP contribution in [0.5, 0.6) is 0 Å². The summed E-state index contributed by atoms with van der Waals surface area (Å²) in [5.41, 5.74) is -0.916. The van der Waals surface area contributed by atoms with Crippen LogP contribution in [0.3, 0.4) is 0 Å². The van der Waals surface area contributed by atoms with Gasteiger partial charge in [-0.05, 0) is 70.1 Å². The number of likely N-dealkylation sites (tertiary alicyclic amines) is 1. The Morgan fingerprint density at radius 2 is 1.81 bits per heavy atom. The molecule has 3 aliphatic rings. The Morgan fingerprint density at radius 3 is 2.45 bits per heavy atom. The van der Waals surface area contributed by atoms with Crippen molar-refractivity contribution >= 4 is 29.6 Å². The predicted octanol–water partition coefficient (Wildman–Crippen LogP) is 3.43. The number of allylic oxidation sites excluding steroid dienone is 2. The molecule has 0 spiro atoms. The van der Waals surface area contributed by atoms with E-state index in [2.05, 4.69) is 43.0 Å². The van der Waals surface area contributed by atoms with Gasteiger partial charge in [0.2, 0.25) is 17.6 Å². The van der Waals surface area contributed by atoms with Gasteiger partial charge in [-0.25, -0.2) is 4.79 Å². The third-order valence-electron chi connectivity index (χ3n) is 8.59. The van der Waals surface area contributed by atoms with Gasteiger partial charge in [-0.3, -0.25) is 19.2 Å². The van der Waals surface area contributed by atoms with Crippen LogP contribution in [0, 0.1) is 23.2 Å². The zero-order valence-electron chi connectivity index (χ0n) is 25.7. The molecule has 0 radical (unpaired) electrons. The quantitative estimate of drug-likeness (QED) is 0.238. The maximum absolute atomic E-state index is 14.3. The summed E-state index contributed by atoms with van der Waals surface area (Å²) < 4.78 is 5.49. The van der Waals surface area contributed by atoms with Gasteiger partial charge >= 0.3 is 6.09 Å². The third-order valence-corrected chi connectivity index (χ3v) is 8.59. The van der Waals surface area contributed by atoms with E-state index in [1.54, 1.807) is 31.7 Å². The molecule has 1 saturated heterocycles. The average Bonchev–Trinajstić information content (AvgIpc) is 3.33. The van der Waals surface area contributed by atoms with Gasteiger partial charge in [0.15, 0.2) is 0 Å². The zero-order chi connectivity index (χ0) is 31.2. The average molecular weight is 585 g/mol. The van der Waals surface area contributed by atoms with E-state index in [9.17, 15) is 24.0 Å². The first-order valence-corrected chi connectivity index (χ1v) is 15.0. The minimum Gasteiger partial charge on any atom is -0.444 e. The molecule has 42 heavy (non-hydrogen) atoms. The largest absolute Gasteiger partial charge is 0.444 e. The lowest BCUT2D eigenvalue weighted by molar-refractivity contribution is -0.144. The summed E-state index contributed by atoms with van der Waals surface area (Å²) in [7, 11) is 0. The fourth-order valence-electron chi connectivity index (χ4n) is 6.29. The monoisotopic (exact) mass is 584 g/mol. The number of carbonyl (C=O) groups excluding carboxylic acids is 5. The van der Waals surface area contributed by atoms with Crippen molar-refractivity contribution in [3.8, 4) is 0 Å². The summed E-state index contributed by atoms with van der Waals surface area (Å²) in [5, 5.41) is 8.08. The molecule has 2 unspecified atom stereocenters. The first kappa shape index (κ1) is 33.1. The lowest BCUT2D eigenvalue weighted by Gasteiger charge is -2.35. The number of piperidine rings is 1. The molecule has 10 heteroatoms. The minimum atomic E-state index is -1.07. The van der Waals surface area contributed by atoms with Gasteiger partial charge in [-0.15, -0.1) is 13.2 Å². The molecule has 2 fully saturated rings. The van der Waals surface area contributed by atoms with Gasteiger partial charge < -0.3 is 25.6 Å². The second-order valence-corrected chi connectivity index (χ2v) is 13.2. The molecule has 1 saturated carbocycles. The molecule has 0 aromatic carbocycles. The van der Waals surface area contributed by atoms with Gasteiger partial charge in [-0.2, -0.15) is 0 Å². The van der Waals surface area contributed by atoms with Crippen molar-refractivity contribution in [2.24, 2.45) is 23.2 Å². The van der Waals surface area contributed by atoms with E-state index in [4.69, 9.17) is 4.74 Å². The highest BCUT2D eigenvalue weighted by Gasteiger charge is 2.69. The number of rotatable bonds is 12. The Hall–Kier alpha value is -3.43. The smallest absolute Gasteiger partial charge is 0.408 e. The predicted molar refractivity (Wildman–Crippen MR) is 160 cm³/mol. The van der Waals surface area contributed by atoms with Crippen LogP contribution in [0.15, 0.2) is 37.5 Å². The van der Waals surface area contributed by atoms with E-state index in [1.165, 1.54) is 6.08 Å². The fraction of sp³-hybridized carbons (Fsp3) is 0.656. The molecule has 3 rings (SSSR count). The van der Waals surface area contributed by atoms with Crippen LogP contribution in [0.25, 0.3) is 0 Å². The van der Waals surface area contributed by atoms with Crippen LogP contribution in [-0.2, 0) is 23.9 Å². The number of ether oxygens (including phenoxy) is 1. The van der Waals surface area contributed by atoms with Crippen LogP contribution in [-0.4, -0.2) is 71.3 Å². The Morgan fingerprint density at radius 1 is 1.10 bits per heavy atom. The van der Waals surface area contributed by atoms with Crippen LogP contribution >= 0.6 is 0 Å². The number of ketones is 1. The lowest BCUT2D eigenvalue weighted by Crippen LogP contribution is -2.59. The number of Topliss-reactive ketones (excluding diaryl/α,β-unsaturated/α-hetero) is 1. The summed E-state index contributed by atoms with van der Waals surface area (Å²) in [4.78, 5) is 68.0. The first-order valence-electron chi connectivity index (χ1n) is 15.0. The summed E-state index contributed by atoms with van der Waals surface area (Å²) >= 11 is 0. The molecule has 0 aromatic rings. The summed E-state index contributed by atoms with van der Waals surface area (Å²) in [6.07, 6.45) is 10.5. The standard InChI is InChI=1S/C32H48N4O6/c1-8-10-17-22(26(37)28(39)33-18-9-2)34-27(38)25-23-21(32(23,6)7)19-36(25)29(40)24(20-15-13-11-12-14-16-20)35-30(41)42-31(3,4)5/h8-9,13,15,20-25H,1-2,10-12,14,16-19H2,3-7H3,(H,33,39)(H,34,38)(H,35,41)/t20?,21-,22?,23-,24-,25-/m0/s1. The number of amides is 4. The van der Waals surface area contributed by atoms with Crippen molar-refractivity contribution < 1.29 is 28.7 Å². The van der Waals surface area contributed by atoms with Crippen molar-refractivity contribution in [3.05, 3.63) is 37.5 Å². The molecule has 4 amide bonds. The number of hydrogen-bond acceptors (Lipinski definition) is 6. The Bertz CT molecular complexity index is 1110. The number of fused-ring (bicyclic) bond motifs is 1. The molecule has 2 aliphatic carbocycles. The maximum Gasteiger partial charge on any atom is 0.408 e. The van der Waals surface area contributed by atoms with Crippen molar-refractivity contribution in [1.29, 1.82) is 0 Å².